The van der Waals surface area contributed by atoms with Gasteiger partial charge in [-0.25, -0.2) is 8.78 Å². The summed E-state index contributed by atoms with van der Waals surface area (Å²) in [6.07, 6.45) is 0.553. The van der Waals surface area contributed by atoms with Crippen LogP contribution < -0.4 is 5.32 Å². The highest BCUT2D eigenvalue weighted by atomic mass is 79.9. The van der Waals surface area contributed by atoms with Crippen molar-refractivity contribution >= 4 is 27.5 Å². The van der Waals surface area contributed by atoms with Crippen LogP contribution in [0.5, 0.6) is 0 Å². The number of hydrogen-bond acceptors (Lipinski definition) is 1. The minimum absolute atomic E-state index is 0.0948. The molecule has 2 aromatic carbocycles. The Balaban J connectivity index is 2.27. The molecule has 1 unspecified atom stereocenters. The van der Waals surface area contributed by atoms with Crippen molar-refractivity contribution in [2.24, 2.45) is 0 Å². The minimum atomic E-state index is -0.440. The second-order valence-corrected chi connectivity index (χ2v) is 6.09. The topological polar surface area (TPSA) is 12.0 Å². The van der Waals surface area contributed by atoms with E-state index in [9.17, 15) is 8.78 Å². The molecule has 2 aromatic rings. The molecule has 0 saturated heterocycles. The summed E-state index contributed by atoms with van der Waals surface area (Å²) >= 11 is 8.98. The zero-order valence-electron chi connectivity index (χ0n) is 11.5. The van der Waals surface area contributed by atoms with Gasteiger partial charge in [-0.1, -0.05) is 40.5 Å². The maximum atomic E-state index is 13.5. The van der Waals surface area contributed by atoms with E-state index < -0.39 is 5.82 Å². The van der Waals surface area contributed by atoms with Gasteiger partial charge in [-0.2, -0.15) is 0 Å². The Labute approximate surface area is 136 Å². The normalized spacial score (nSPS) is 12.4. The first kappa shape index (κ1) is 16.4. The average Bonchev–Trinajstić information content (AvgIpc) is 2.41. The summed E-state index contributed by atoms with van der Waals surface area (Å²) in [4.78, 5) is 0. The van der Waals surface area contributed by atoms with Crippen molar-refractivity contribution in [3.63, 3.8) is 0 Å². The van der Waals surface area contributed by atoms with Crippen molar-refractivity contribution in [1.29, 1.82) is 0 Å². The second kappa shape index (κ2) is 7.34. The van der Waals surface area contributed by atoms with Gasteiger partial charge in [0.2, 0.25) is 0 Å². The molecule has 0 amide bonds. The summed E-state index contributed by atoms with van der Waals surface area (Å²) in [5, 5.41) is 3.40. The lowest BCUT2D eigenvalue weighted by Crippen LogP contribution is -2.23. The summed E-state index contributed by atoms with van der Waals surface area (Å²) < 4.78 is 27.8. The fraction of sp³-hybridized carbons (Fsp3) is 0.250. The molecule has 0 aliphatic heterocycles. The Kier molecular flexibility index (Phi) is 5.73. The van der Waals surface area contributed by atoms with Gasteiger partial charge in [-0.3, -0.25) is 0 Å². The third kappa shape index (κ3) is 4.50. The first-order valence-corrected chi connectivity index (χ1v) is 7.80. The molecule has 112 valence electrons. The number of hydrogen-bond donors (Lipinski definition) is 1. The van der Waals surface area contributed by atoms with Crippen molar-refractivity contribution in [3.05, 3.63) is 68.7 Å². The van der Waals surface area contributed by atoms with Crippen LogP contribution in [0.4, 0.5) is 8.78 Å². The number of halogens is 4. The van der Waals surface area contributed by atoms with Gasteiger partial charge < -0.3 is 5.32 Å². The molecule has 1 nitrogen and oxygen atoms in total. The van der Waals surface area contributed by atoms with Crippen LogP contribution >= 0.6 is 27.5 Å². The van der Waals surface area contributed by atoms with Crippen LogP contribution in [-0.2, 0) is 6.42 Å². The van der Waals surface area contributed by atoms with Crippen LogP contribution in [0.25, 0.3) is 0 Å². The zero-order chi connectivity index (χ0) is 15.4. The first-order valence-electron chi connectivity index (χ1n) is 6.63. The molecule has 0 spiro atoms. The SMILES string of the molecule is CCNC(Cc1ccc(Cl)c(F)c1)c1cc(F)cc(Br)c1. The number of rotatable bonds is 5. The van der Waals surface area contributed by atoms with Gasteiger partial charge in [-0.15, -0.1) is 0 Å². The Morgan fingerprint density at radius 1 is 1.19 bits per heavy atom. The van der Waals surface area contributed by atoms with E-state index in [1.807, 2.05) is 13.0 Å². The summed E-state index contributed by atoms with van der Waals surface area (Å²) in [5.74, 6) is -0.741. The summed E-state index contributed by atoms with van der Waals surface area (Å²) in [6.45, 7) is 2.71. The Morgan fingerprint density at radius 3 is 2.57 bits per heavy atom. The molecule has 0 fully saturated rings. The van der Waals surface area contributed by atoms with E-state index in [2.05, 4.69) is 21.2 Å². The van der Waals surface area contributed by atoms with Gasteiger partial charge in [0.1, 0.15) is 11.6 Å². The highest BCUT2D eigenvalue weighted by molar-refractivity contribution is 9.10. The lowest BCUT2D eigenvalue weighted by molar-refractivity contribution is 0.539. The quantitative estimate of drug-likeness (QED) is 0.751. The van der Waals surface area contributed by atoms with Crippen molar-refractivity contribution in [3.8, 4) is 0 Å². The van der Waals surface area contributed by atoms with E-state index in [1.54, 1.807) is 6.07 Å². The van der Waals surface area contributed by atoms with E-state index in [0.717, 1.165) is 17.7 Å². The molecular formula is C16H15BrClF2N. The van der Waals surface area contributed by atoms with Crippen molar-refractivity contribution in [2.75, 3.05) is 6.54 Å². The molecule has 1 atom stereocenters. The van der Waals surface area contributed by atoms with Crippen molar-refractivity contribution in [2.45, 2.75) is 19.4 Å². The van der Waals surface area contributed by atoms with E-state index in [4.69, 9.17) is 11.6 Å². The first-order chi connectivity index (χ1) is 9.99. The van der Waals surface area contributed by atoms with Gasteiger partial charge in [0, 0.05) is 10.5 Å². The third-order valence-corrected chi connectivity index (χ3v) is 3.93. The summed E-state index contributed by atoms with van der Waals surface area (Å²) in [5.41, 5.74) is 1.63. The Bertz CT molecular complexity index is 613. The van der Waals surface area contributed by atoms with Crippen LogP contribution in [0.3, 0.4) is 0 Å². The van der Waals surface area contributed by atoms with Gasteiger partial charge in [0.25, 0.3) is 0 Å². The standard InChI is InChI=1S/C16H15BrClF2N/c1-2-21-16(11-7-12(17)9-13(19)8-11)6-10-3-4-14(18)15(20)5-10/h3-5,7-9,16,21H,2,6H2,1H3. The molecule has 21 heavy (non-hydrogen) atoms. The highest BCUT2D eigenvalue weighted by Gasteiger charge is 2.14. The van der Waals surface area contributed by atoms with Crippen molar-refractivity contribution < 1.29 is 8.78 Å². The zero-order valence-corrected chi connectivity index (χ0v) is 13.8. The van der Waals surface area contributed by atoms with Gasteiger partial charge in [-0.05, 0) is 54.4 Å². The molecule has 5 heteroatoms. The lowest BCUT2D eigenvalue weighted by Gasteiger charge is -2.19. The summed E-state index contributed by atoms with van der Waals surface area (Å²) in [7, 11) is 0. The van der Waals surface area contributed by atoms with Crippen molar-refractivity contribution in [1.82, 2.24) is 5.32 Å². The molecule has 0 heterocycles. The van der Waals surface area contributed by atoms with Gasteiger partial charge in [0.05, 0.1) is 5.02 Å². The van der Waals surface area contributed by atoms with E-state index in [1.165, 1.54) is 24.3 Å². The fourth-order valence-electron chi connectivity index (χ4n) is 2.23. The molecule has 0 aliphatic carbocycles. The van der Waals surface area contributed by atoms with Crippen LogP contribution in [0, 0.1) is 11.6 Å². The maximum Gasteiger partial charge on any atom is 0.142 e. The lowest BCUT2D eigenvalue weighted by atomic mass is 9.98. The number of nitrogens with one attached hydrogen (secondary N) is 1. The predicted molar refractivity (Wildman–Crippen MR) is 85.6 cm³/mol. The Hall–Kier alpha value is -0.970. The number of likely N-dealkylation sites (N-methyl/N-ethyl adjacent to an activating group) is 1. The van der Waals surface area contributed by atoms with E-state index in [0.29, 0.717) is 10.9 Å². The third-order valence-electron chi connectivity index (χ3n) is 3.16. The second-order valence-electron chi connectivity index (χ2n) is 4.77. The average molecular weight is 375 g/mol. The molecule has 0 saturated carbocycles. The van der Waals surface area contributed by atoms with E-state index in [-0.39, 0.29) is 16.9 Å². The maximum absolute atomic E-state index is 13.5. The molecule has 0 aromatic heterocycles. The molecule has 0 radical (unpaired) electrons. The Morgan fingerprint density at radius 2 is 1.95 bits per heavy atom. The molecule has 2 rings (SSSR count). The van der Waals surface area contributed by atoms with Crippen LogP contribution in [0.15, 0.2) is 40.9 Å². The smallest absolute Gasteiger partial charge is 0.142 e. The molecule has 0 aliphatic rings. The highest BCUT2D eigenvalue weighted by Crippen LogP contribution is 2.25. The van der Waals surface area contributed by atoms with E-state index >= 15 is 0 Å². The molecular weight excluding hydrogens is 360 g/mol. The largest absolute Gasteiger partial charge is 0.310 e. The van der Waals surface area contributed by atoms with Crippen LogP contribution in [0.2, 0.25) is 5.02 Å². The predicted octanol–water partition coefficient (Wildman–Crippen LogP) is 5.27. The molecule has 1 N–H and O–H groups in total. The minimum Gasteiger partial charge on any atom is -0.310 e. The van der Waals surface area contributed by atoms with Crippen LogP contribution in [-0.4, -0.2) is 6.54 Å². The summed E-state index contributed by atoms with van der Waals surface area (Å²) in [6, 6.07) is 9.41. The van der Waals surface area contributed by atoms with Gasteiger partial charge >= 0.3 is 0 Å². The molecule has 0 bridgehead atoms. The van der Waals surface area contributed by atoms with Gasteiger partial charge in [0.15, 0.2) is 0 Å². The monoisotopic (exact) mass is 373 g/mol. The fourth-order valence-corrected chi connectivity index (χ4v) is 2.83. The van der Waals surface area contributed by atoms with Crippen LogP contribution in [0.1, 0.15) is 24.1 Å². The number of benzene rings is 2.